The molecule has 0 saturated heterocycles. The third-order valence-corrected chi connectivity index (χ3v) is 9.86. The summed E-state index contributed by atoms with van der Waals surface area (Å²) in [6.07, 6.45) is 5.53. The average Bonchev–Trinajstić information content (AvgIpc) is 2.83. The topological polar surface area (TPSA) is 83.6 Å². The van der Waals surface area contributed by atoms with Crippen LogP contribution in [0.4, 0.5) is 11.4 Å². The van der Waals surface area contributed by atoms with Gasteiger partial charge in [0, 0.05) is 6.54 Å². The number of nitrogens with zero attached hydrogens (tertiary/aromatic N) is 1. The maximum absolute atomic E-state index is 13.4. The highest BCUT2D eigenvalue weighted by molar-refractivity contribution is 7.93. The van der Waals surface area contributed by atoms with Gasteiger partial charge in [0.1, 0.15) is 0 Å². The van der Waals surface area contributed by atoms with Gasteiger partial charge in [-0.25, -0.2) is 16.8 Å². The lowest BCUT2D eigenvalue weighted by atomic mass is 9.92. The van der Waals surface area contributed by atoms with E-state index in [4.69, 9.17) is 0 Å². The first-order valence-corrected chi connectivity index (χ1v) is 14.5. The summed E-state index contributed by atoms with van der Waals surface area (Å²) in [6, 6.07) is 17.3. The molecule has 34 heavy (non-hydrogen) atoms. The van der Waals surface area contributed by atoms with Crippen LogP contribution in [0, 0.1) is 6.92 Å². The highest BCUT2D eigenvalue weighted by atomic mass is 32.2. The van der Waals surface area contributed by atoms with Crippen LogP contribution in [0.1, 0.15) is 41.5 Å². The third-order valence-electron chi connectivity index (χ3n) is 6.65. The van der Waals surface area contributed by atoms with E-state index < -0.39 is 20.0 Å². The molecule has 3 aromatic carbocycles. The van der Waals surface area contributed by atoms with Gasteiger partial charge in [0.25, 0.3) is 20.0 Å². The second kappa shape index (κ2) is 8.74. The number of benzene rings is 3. The van der Waals surface area contributed by atoms with E-state index in [1.54, 1.807) is 48.5 Å². The van der Waals surface area contributed by atoms with E-state index >= 15 is 0 Å². The molecule has 1 heterocycles. The van der Waals surface area contributed by atoms with Crippen molar-refractivity contribution in [3.05, 3.63) is 82.9 Å². The second-order valence-corrected chi connectivity index (χ2v) is 12.6. The molecule has 0 saturated carbocycles. The van der Waals surface area contributed by atoms with Gasteiger partial charge in [0.05, 0.1) is 21.2 Å². The zero-order valence-electron chi connectivity index (χ0n) is 19.1. The lowest BCUT2D eigenvalue weighted by Crippen LogP contribution is -2.35. The van der Waals surface area contributed by atoms with Crippen LogP contribution >= 0.6 is 0 Å². The molecule has 0 unspecified atom stereocenters. The van der Waals surface area contributed by atoms with Crippen molar-refractivity contribution in [2.24, 2.45) is 0 Å². The Morgan fingerprint density at radius 1 is 0.706 bits per heavy atom. The monoisotopic (exact) mass is 496 g/mol. The maximum Gasteiger partial charge on any atom is 0.264 e. The summed E-state index contributed by atoms with van der Waals surface area (Å²) in [4.78, 5) is 0.459. The first-order chi connectivity index (χ1) is 16.2. The number of nitrogens with one attached hydrogen (secondary N) is 1. The molecule has 0 aromatic heterocycles. The third kappa shape index (κ3) is 4.32. The van der Waals surface area contributed by atoms with E-state index in [0.29, 0.717) is 24.3 Å². The molecule has 0 spiro atoms. The Hall–Kier alpha value is -2.84. The van der Waals surface area contributed by atoms with Gasteiger partial charge in [0.15, 0.2) is 0 Å². The Morgan fingerprint density at radius 2 is 1.35 bits per heavy atom. The minimum atomic E-state index is -3.80. The fraction of sp³-hybridized carbons (Fsp3) is 0.308. The summed E-state index contributed by atoms with van der Waals surface area (Å²) in [5.74, 6) is 0. The van der Waals surface area contributed by atoms with Crippen molar-refractivity contribution >= 4 is 31.4 Å². The largest absolute Gasteiger partial charge is 0.280 e. The number of hydrogen-bond acceptors (Lipinski definition) is 4. The van der Waals surface area contributed by atoms with Crippen LogP contribution in [-0.2, 0) is 39.3 Å². The summed E-state index contributed by atoms with van der Waals surface area (Å²) in [6.45, 7) is 2.26. The molecule has 6 nitrogen and oxygen atoms in total. The summed E-state index contributed by atoms with van der Waals surface area (Å²) in [7, 11) is -7.56. The number of aryl methyl sites for hydroxylation is 4. The zero-order valence-corrected chi connectivity index (χ0v) is 20.8. The number of hydrogen-bond donors (Lipinski definition) is 1. The Bertz CT molecular complexity index is 1450. The molecule has 3 aromatic rings. The van der Waals surface area contributed by atoms with E-state index in [-0.39, 0.29) is 9.79 Å². The van der Waals surface area contributed by atoms with Crippen LogP contribution in [0.2, 0.25) is 0 Å². The highest BCUT2D eigenvalue weighted by Gasteiger charge is 2.30. The lowest BCUT2D eigenvalue weighted by Gasteiger charge is -2.31. The van der Waals surface area contributed by atoms with Crippen LogP contribution in [0.25, 0.3) is 0 Å². The number of rotatable bonds is 5. The molecule has 5 rings (SSSR count). The Balaban J connectivity index is 1.47. The molecular weight excluding hydrogens is 468 g/mol. The lowest BCUT2D eigenvalue weighted by molar-refractivity contribution is 0.586. The fourth-order valence-electron chi connectivity index (χ4n) is 4.78. The van der Waals surface area contributed by atoms with Gasteiger partial charge in [-0.2, -0.15) is 0 Å². The normalized spacial score (nSPS) is 16.0. The van der Waals surface area contributed by atoms with Crippen molar-refractivity contribution in [3.8, 4) is 0 Å². The van der Waals surface area contributed by atoms with Crippen LogP contribution in [0.5, 0.6) is 0 Å². The standard InChI is InChI=1S/C26H28N2O4S2/c1-19-8-13-24(14-9-19)34(31,32)28-16-4-7-21-10-12-23(18-26(21)28)27-33(29,30)25-15-11-20-5-2-3-6-22(20)17-25/h8-15,17-18,27H,2-7,16H2,1H3. The van der Waals surface area contributed by atoms with E-state index in [0.717, 1.165) is 48.8 Å². The molecule has 178 valence electrons. The van der Waals surface area contributed by atoms with Crippen LogP contribution in [0.3, 0.4) is 0 Å². The van der Waals surface area contributed by atoms with E-state index in [2.05, 4.69) is 4.72 Å². The van der Waals surface area contributed by atoms with E-state index in [1.807, 2.05) is 19.1 Å². The quantitative estimate of drug-likeness (QED) is 0.549. The average molecular weight is 497 g/mol. The van der Waals surface area contributed by atoms with Crippen molar-refractivity contribution in [2.45, 2.75) is 55.2 Å². The Kier molecular flexibility index (Phi) is 5.90. The molecule has 1 aliphatic heterocycles. The smallest absolute Gasteiger partial charge is 0.264 e. The van der Waals surface area contributed by atoms with Gasteiger partial charge in [-0.05, 0) is 98.5 Å². The highest BCUT2D eigenvalue weighted by Crippen LogP contribution is 2.35. The molecule has 0 fully saturated rings. The second-order valence-electron chi connectivity index (χ2n) is 9.08. The Morgan fingerprint density at radius 3 is 2.12 bits per heavy atom. The first-order valence-electron chi connectivity index (χ1n) is 11.6. The minimum absolute atomic E-state index is 0.228. The first kappa shape index (κ1) is 22.9. The predicted molar refractivity (Wildman–Crippen MR) is 134 cm³/mol. The number of anilines is 2. The van der Waals surface area contributed by atoms with Crippen molar-refractivity contribution in [3.63, 3.8) is 0 Å². The molecule has 0 bridgehead atoms. The molecule has 2 aliphatic rings. The molecule has 1 aliphatic carbocycles. The summed E-state index contributed by atoms with van der Waals surface area (Å²) in [5, 5.41) is 0. The van der Waals surface area contributed by atoms with Gasteiger partial charge in [0.2, 0.25) is 0 Å². The van der Waals surface area contributed by atoms with E-state index in [9.17, 15) is 16.8 Å². The van der Waals surface area contributed by atoms with Crippen molar-refractivity contribution in [1.29, 1.82) is 0 Å². The van der Waals surface area contributed by atoms with Gasteiger partial charge in [-0.1, -0.05) is 29.8 Å². The zero-order chi connectivity index (χ0) is 23.9. The molecule has 0 radical (unpaired) electrons. The molecule has 1 N–H and O–H groups in total. The molecule has 0 amide bonds. The maximum atomic E-state index is 13.4. The molecule has 0 atom stereocenters. The summed E-state index contributed by atoms with van der Waals surface area (Å²) < 4.78 is 57.2. The van der Waals surface area contributed by atoms with Crippen LogP contribution < -0.4 is 9.03 Å². The summed E-state index contributed by atoms with van der Waals surface area (Å²) >= 11 is 0. The summed E-state index contributed by atoms with van der Waals surface area (Å²) in [5.41, 5.74) is 5.06. The number of sulfonamides is 2. The van der Waals surface area contributed by atoms with E-state index in [1.165, 1.54) is 9.87 Å². The van der Waals surface area contributed by atoms with Gasteiger partial charge in [-0.15, -0.1) is 0 Å². The van der Waals surface area contributed by atoms with Gasteiger partial charge >= 0.3 is 0 Å². The van der Waals surface area contributed by atoms with Crippen molar-refractivity contribution < 1.29 is 16.8 Å². The minimum Gasteiger partial charge on any atom is -0.280 e. The van der Waals surface area contributed by atoms with Crippen LogP contribution in [0.15, 0.2) is 70.5 Å². The van der Waals surface area contributed by atoms with Gasteiger partial charge < -0.3 is 0 Å². The fourth-order valence-corrected chi connectivity index (χ4v) is 7.42. The molecular formula is C26H28N2O4S2. The van der Waals surface area contributed by atoms with Crippen molar-refractivity contribution in [2.75, 3.05) is 15.6 Å². The van der Waals surface area contributed by atoms with Crippen molar-refractivity contribution in [1.82, 2.24) is 0 Å². The SMILES string of the molecule is Cc1ccc(S(=O)(=O)N2CCCc3ccc(NS(=O)(=O)c4ccc5c(c4)CCCC5)cc32)cc1. The molecule has 8 heteroatoms. The van der Waals surface area contributed by atoms with Gasteiger partial charge in [-0.3, -0.25) is 9.03 Å². The van der Waals surface area contributed by atoms with Crippen LogP contribution in [-0.4, -0.2) is 23.4 Å². The predicted octanol–water partition coefficient (Wildman–Crippen LogP) is 4.82. The number of fused-ring (bicyclic) bond motifs is 2. The Labute approximate surface area is 201 Å².